The Morgan fingerprint density at radius 1 is 1.45 bits per heavy atom. The van der Waals surface area contributed by atoms with Crippen LogP contribution in [0.1, 0.15) is 20.8 Å². The van der Waals surface area contributed by atoms with Crippen LogP contribution in [0.25, 0.3) is 10.9 Å². The lowest BCUT2D eigenvalue weighted by molar-refractivity contribution is 0.0525. The number of halogens is 1. The van der Waals surface area contributed by atoms with E-state index in [1.165, 1.54) is 0 Å². The molecule has 0 aliphatic rings. The Bertz CT molecular complexity index is 616. The molecule has 1 heterocycles. The van der Waals surface area contributed by atoms with E-state index < -0.39 is 11.7 Å². The van der Waals surface area contributed by atoms with Crippen LogP contribution in [-0.2, 0) is 11.3 Å². The van der Waals surface area contributed by atoms with Crippen LogP contribution in [0.2, 0.25) is 0 Å². The number of benzene rings is 1. The van der Waals surface area contributed by atoms with Gasteiger partial charge in [0.2, 0.25) is 0 Å². The molecule has 1 aromatic heterocycles. The standard InChI is InChI=1S/C14H18BrN3O2/c1-14(2,3)20-13(19)16-7-8-18-9-10-11(15)5-4-6-12(10)17-18/h4-6,9H,7-8H2,1-3H3,(H,16,19). The van der Waals surface area contributed by atoms with Crippen molar-refractivity contribution in [2.75, 3.05) is 6.54 Å². The van der Waals surface area contributed by atoms with Crippen LogP contribution in [-0.4, -0.2) is 28.0 Å². The second-order valence-electron chi connectivity index (χ2n) is 5.49. The Labute approximate surface area is 126 Å². The summed E-state index contributed by atoms with van der Waals surface area (Å²) in [6.07, 6.45) is 1.55. The first-order valence-corrected chi connectivity index (χ1v) is 7.23. The first-order valence-electron chi connectivity index (χ1n) is 6.44. The average molecular weight is 340 g/mol. The fourth-order valence-electron chi connectivity index (χ4n) is 1.76. The van der Waals surface area contributed by atoms with Crippen LogP contribution in [0, 0.1) is 0 Å². The molecule has 1 N–H and O–H groups in total. The highest BCUT2D eigenvalue weighted by Crippen LogP contribution is 2.22. The number of carbonyl (C=O) groups excluding carboxylic acids is 1. The zero-order chi connectivity index (χ0) is 14.8. The van der Waals surface area contributed by atoms with Gasteiger partial charge in [-0.3, -0.25) is 4.68 Å². The van der Waals surface area contributed by atoms with Crippen molar-refractivity contribution in [3.8, 4) is 0 Å². The molecule has 1 aromatic carbocycles. The number of rotatable bonds is 3. The second-order valence-corrected chi connectivity index (χ2v) is 6.35. The van der Waals surface area contributed by atoms with Gasteiger partial charge in [-0.25, -0.2) is 4.79 Å². The van der Waals surface area contributed by atoms with Gasteiger partial charge in [-0.15, -0.1) is 0 Å². The monoisotopic (exact) mass is 339 g/mol. The van der Waals surface area contributed by atoms with E-state index in [-0.39, 0.29) is 0 Å². The van der Waals surface area contributed by atoms with Crippen molar-refractivity contribution in [3.05, 3.63) is 28.9 Å². The highest BCUT2D eigenvalue weighted by Gasteiger charge is 2.15. The summed E-state index contributed by atoms with van der Waals surface area (Å²) in [5.74, 6) is 0. The zero-order valence-corrected chi connectivity index (χ0v) is 13.4. The molecule has 0 aliphatic heterocycles. The van der Waals surface area contributed by atoms with E-state index in [0.717, 1.165) is 15.4 Å². The smallest absolute Gasteiger partial charge is 0.407 e. The van der Waals surface area contributed by atoms with E-state index >= 15 is 0 Å². The molecule has 2 rings (SSSR count). The summed E-state index contributed by atoms with van der Waals surface area (Å²) in [4.78, 5) is 11.5. The normalized spacial score (nSPS) is 11.6. The molecular formula is C14H18BrN3O2. The number of amides is 1. The lowest BCUT2D eigenvalue weighted by Crippen LogP contribution is -2.34. The molecule has 0 atom stereocenters. The van der Waals surface area contributed by atoms with Gasteiger partial charge in [-0.1, -0.05) is 22.0 Å². The maximum Gasteiger partial charge on any atom is 0.407 e. The molecule has 1 amide bonds. The Morgan fingerprint density at radius 2 is 2.20 bits per heavy atom. The molecule has 0 aliphatic carbocycles. The number of hydrogen-bond acceptors (Lipinski definition) is 3. The van der Waals surface area contributed by atoms with Crippen molar-refractivity contribution in [1.82, 2.24) is 15.1 Å². The predicted octanol–water partition coefficient (Wildman–Crippen LogP) is 3.32. The third-order valence-corrected chi connectivity index (χ3v) is 3.24. The zero-order valence-electron chi connectivity index (χ0n) is 11.8. The van der Waals surface area contributed by atoms with Gasteiger partial charge in [0.25, 0.3) is 0 Å². The summed E-state index contributed by atoms with van der Waals surface area (Å²) in [6.45, 7) is 6.58. The summed E-state index contributed by atoms with van der Waals surface area (Å²) in [5.41, 5.74) is 0.451. The topological polar surface area (TPSA) is 56.1 Å². The summed E-state index contributed by atoms with van der Waals surface area (Å²) < 4.78 is 7.99. The lowest BCUT2D eigenvalue weighted by atomic mass is 10.2. The minimum absolute atomic E-state index is 0.407. The number of hydrogen-bond donors (Lipinski definition) is 1. The van der Waals surface area contributed by atoms with Crippen molar-refractivity contribution in [2.24, 2.45) is 0 Å². The van der Waals surface area contributed by atoms with Gasteiger partial charge in [-0.2, -0.15) is 5.10 Å². The fourth-order valence-corrected chi connectivity index (χ4v) is 2.22. The van der Waals surface area contributed by atoms with Crippen molar-refractivity contribution in [3.63, 3.8) is 0 Å². The number of carbonyl (C=O) groups is 1. The molecule has 0 saturated carbocycles. The minimum atomic E-state index is -0.477. The molecule has 0 fully saturated rings. The summed E-state index contributed by atoms with van der Waals surface area (Å²) >= 11 is 3.49. The van der Waals surface area contributed by atoms with Crippen molar-refractivity contribution in [1.29, 1.82) is 0 Å². The second kappa shape index (κ2) is 5.83. The Hall–Kier alpha value is -1.56. The molecule has 2 aromatic rings. The van der Waals surface area contributed by atoms with Crippen LogP contribution in [0.15, 0.2) is 28.9 Å². The molecule has 0 radical (unpaired) electrons. The molecule has 0 bridgehead atoms. The first-order chi connectivity index (χ1) is 9.35. The lowest BCUT2D eigenvalue weighted by Gasteiger charge is -2.19. The number of nitrogens with zero attached hydrogens (tertiary/aromatic N) is 2. The largest absolute Gasteiger partial charge is 0.444 e. The predicted molar refractivity (Wildman–Crippen MR) is 81.7 cm³/mol. The van der Waals surface area contributed by atoms with E-state index in [2.05, 4.69) is 26.3 Å². The van der Waals surface area contributed by atoms with Crippen LogP contribution < -0.4 is 5.32 Å². The van der Waals surface area contributed by atoms with Gasteiger partial charge in [0, 0.05) is 22.6 Å². The maximum absolute atomic E-state index is 11.5. The third kappa shape index (κ3) is 3.96. The molecule has 0 unspecified atom stereocenters. The summed E-state index contributed by atoms with van der Waals surface area (Å²) in [7, 11) is 0. The Kier molecular flexibility index (Phi) is 4.32. The van der Waals surface area contributed by atoms with Crippen LogP contribution in [0.4, 0.5) is 4.79 Å². The summed E-state index contributed by atoms with van der Waals surface area (Å²) in [5, 5.41) is 8.21. The SMILES string of the molecule is CC(C)(C)OC(=O)NCCn1cc2c(Br)cccc2n1. The molecular weight excluding hydrogens is 322 g/mol. The van der Waals surface area contributed by atoms with Crippen LogP contribution in [0.5, 0.6) is 0 Å². The quantitative estimate of drug-likeness (QED) is 0.933. The number of alkyl carbamates (subject to hydrolysis) is 1. The fraction of sp³-hybridized carbons (Fsp3) is 0.429. The highest BCUT2D eigenvalue weighted by atomic mass is 79.9. The van der Waals surface area contributed by atoms with E-state index in [1.807, 2.05) is 49.8 Å². The maximum atomic E-state index is 11.5. The number of aromatic nitrogens is 2. The van der Waals surface area contributed by atoms with Gasteiger partial charge in [0.15, 0.2) is 0 Å². The molecule has 0 spiro atoms. The molecule has 20 heavy (non-hydrogen) atoms. The minimum Gasteiger partial charge on any atom is -0.444 e. The highest BCUT2D eigenvalue weighted by molar-refractivity contribution is 9.10. The number of ether oxygens (including phenoxy) is 1. The van der Waals surface area contributed by atoms with E-state index in [1.54, 1.807) is 0 Å². The third-order valence-electron chi connectivity index (χ3n) is 2.55. The van der Waals surface area contributed by atoms with Gasteiger partial charge < -0.3 is 10.1 Å². The van der Waals surface area contributed by atoms with Crippen molar-refractivity contribution in [2.45, 2.75) is 32.9 Å². The summed E-state index contributed by atoms with van der Waals surface area (Å²) in [6, 6.07) is 5.88. The van der Waals surface area contributed by atoms with E-state index in [4.69, 9.17) is 4.74 Å². The van der Waals surface area contributed by atoms with E-state index in [0.29, 0.717) is 13.1 Å². The van der Waals surface area contributed by atoms with Gasteiger partial charge in [-0.05, 0) is 32.9 Å². The van der Waals surface area contributed by atoms with Gasteiger partial charge in [0.05, 0.1) is 12.1 Å². The molecule has 0 saturated heterocycles. The Morgan fingerprint density at radius 3 is 2.85 bits per heavy atom. The van der Waals surface area contributed by atoms with Gasteiger partial charge in [0.1, 0.15) is 5.60 Å². The number of nitrogens with one attached hydrogen (secondary N) is 1. The first kappa shape index (κ1) is 14.8. The van der Waals surface area contributed by atoms with Gasteiger partial charge >= 0.3 is 6.09 Å². The van der Waals surface area contributed by atoms with Crippen molar-refractivity contribution >= 4 is 32.9 Å². The molecule has 5 nitrogen and oxygen atoms in total. The molecule has 6 heteroatoms. The van der Waals surface area contributed by atoms with E-state index in [9.17, 15) is 4.79 Å². The van der Waals surface area contributed by atoms with Crippen molar-refractivity contribution < 1.29 is 9.53 Å². The van der Waals surface area contributed by atoms with Crippen LogP contribution >= 0.6 is 15.9 Å². The Balaban J connectivity index is 1.90. The van der Waals surface area contributed by atoms with Crippen LogP contribution in [0.3, 0.4) is 0 Å². The average Bonchev–Trinajstić information content (AvgIpc) is 2.71. The molecule has 108 valence electrons. The number of fused-ring (bicyclic) bond motifs is 1.